The highest BCUT2D eigenvalue weighted by Gasteiger charge is 2.19. The van der Waals surface area contributed by atoms with Gasteiger partial charge in [-0.1, -0.05) is 32.0 Å². The molecule has 12 nitrogen and oxygen atoms in total. The summed E-state index contributed by atoms with van der Waals surface area (Å²) in [7, 11) is 0. The molecule has 0 saturated heterocycles. The third-order valence-corrected chi connectivity index (χ3v) is 5.64. The van der Waals surface area contributed by atoms with E-state index in [1.54, 1.807) is 10.8 Å². The molecule has 5 rings (SSSR count). The Bertz CT molecular complexity index is 1550. The van der Waals surface area contributed by atoms with E-state index in [1.807, 2.05) is 38.1 Å². The van der Waals surface area contributed by atoms with Gasteiger partial charge in [0.2, 0.25) is 5.82 Å². The predicted octanol–water partition coefficient (Wildman–Crippen LogP) is 1.87. The van der Waals surface area contributed by atoms with Gasteiger partial charge >= 0.3 is 5.69 Å². The van der Waals surface area contributed by atoms with Crippen molar-refractivity contribution in [3.05, 3.63) is 62.6 Å². The van der Waals surface area contributed by atoms with Gasteiger partial charge in [-0.2, -0.15) is 10.3 Å². The molecule has 0 aliphatic rings. The van der Waals surface area contributed by atoms with Crippen LogP contribution in [-0.4, -0.2) is 49.9 Å². The zero-order valence-electron chi connectivity index (χ0n) is 18.9. The normalized spacial score (nSPS) is 11.5. The van der Waals surface area contributed by atoms with Gasteiger partial charge in [0.25, 0.3) is 5.56 Å². The Labute approximate surface area is 193 Å². The summed E-state index contributed by atoms with van der Waals surface area (Å²) in [5, 5.41) is 21.4. The van der Waals surface area contributed by atoms with Gasteiger partial charge in [0, 0.05) is 25.1 Å². The molecule has 174 valence electrons. The van der Waals surface area contributed by atoms with Crippen LogP contribution < -0.4 is 11.2 Å². The predicted molar refractivity (Wildman–Crippen MR) is 125 cm³/mol. The fraction of sp³-hybridized carbons (Fsp3) is 0.318. The van der Waals surface area contributed by atoms with Crippen molar-refractivity contribution in [2.45, 2.75) is 46.2 Å². The monoisotopic (exact) mass is 460 g/mol. The Hall–Kier alpha value is -4.35. The van der Waals surface area contributed by atoms with E-state index in [9.17, 15) is 9.59 Å². The van der Waals surface area contributed by atoms with Crippen LogP contribution in [0.3, 0.4) is 0 Å². The van der Waals surface area contributed by atoms with E-state index in [1.165, 1.54) is 4.57 Å². The lowest BCUT2D eigenvalue weighted by Gasteiger charge is -2.09. The number of fused-ring (bicyclic) bond motifs is 1. The van der Waals surface area contributed by atoms with Crippen molar-refractivity contribution in [1.29, 1.82) is 0 Å². The van der Waals surface area contributed by atoms with E-state index in [4.69, 9.17) is 0 Å². The molecule has 0 radical (unpaired) electrons. The van der Waals surface area contributed by atoms with E-state index in [2.05, 4.69) is 40.8 Å². The molecule has 12 heteroatoms. The molecule has 0 fully saturated rings. The maximum atomic E-state index is 13.0. The number of aryl methyl sites for hydroxylation is 1. The average Bonchev–Trinajstić information content (AvgIpc) is 3.60. The first-order valence-corrected chi connectivity index (χ1v) is 11.2. The third-order valence-electron chi connectivity index (χ3n) is 5.64. The third kappa shape index (κ3) is 3.72. The number of H-pyrrole nitrogens is 3. The largest absolute Gasteiger partial charge is 0.332 e. The number of aromatic amines is 3. The molecule has 1 aromatic carbocycles. The summed E-state index contributed by atoms with van der Waals surface area (Å²) in [6, 6.07) is 7.82. The van der Waals surface area contributed by atoms with E-state index in [0.717, 1.165) is 28.8 Å². The number of benzene rings is 1. The van der Waals surface area contributed by atoms with Crippen LogP contribution in [0.5, 0.6) is 0 Å². The SMILES string of the molecule is CCCn1c(=O)c2[nH]c(-c3cn[nH]c3Cc3cccc(-c4nn[nH]n4)c3)nc2n(CCC)c1=O. The number of tetrazole rings is 1. The number of imidazole rings is 1. The second kappa shape index (κ2) is 8.89. The van der Waals surface area contributed by atoms with Gasteiger partial charge < -0.3 is 4.98 Å². The van der Waals surface area contributed by atoms with Gasteiger partial charge in [-0.25, -0.2) is 9.78 Å². The first-order valence-electron chi connectivity index (χ1n) is 11.2. The van der Waals surface area contributed by atoms with Crippen molar-refractivity contribution in [3.63, 3.8) is 0 Å². The van der Waals surface area contributed by atoms with Crippen molar-refractivity contribution >= 4 is 11.2 Å². The molecule has 34 heavy (non-hydrogen) atoms. The van der Waals surface area contributed by atoms with Gasteiger partial charge in [0.05, 0.1) is 17.5 Å². The second-order valence-electron chi connectivity index (χ2n) is 8.05. The molecular weight excluding hydrogens is 436 g/mol. The van der Waals surface area contributed by atoms with Crippen LogP contribution in [-0.2, 0) is 19.5 Å². The van der Waals surface area contributed by atoms with E-state index >= 15 is 0 Å². The number of nitrogens with one attached hydrogen (secondary N) is 3. The molecule has 0 unspecified atom stereocenters. The smallest absolute Gasteiger partial charge is 0.332 e. The lowest BCUT2D eigenvalue weighted by molar-refractivity contribution is 0.555. The highest BCUT2D eigenvalue weighted by Crippen LogP contribution is 2.24. The Balaban J connectivity index is 1.57. The molecule has 4 aromatic heterocycles. The number of rotatable bonds is 8. The highest BCUT2D eigenvalue weighted by atomic mass is 16.2. The standard InChI is InChI=1S/C22H24N10O2/c1-3-8-31-20-17(21(33)32(9-4-2)22(31)34)24-19(25-20)15-12-23-26-16(15)11-13-6-5-7-14(10-13)18-27-29-30-28-18/h5-7,10,12H,3-4,8-9,11H2,1-2H3,(H,23,26)(H,24,25)(H,27,28,29,30). The van der Waals surface area contributed by atoms with Crippen LogP contribution in [0.25, 0.3) is 33.9 Å². The Kier molecular flexibility index (Phi) is 5.62. The lowest BCUT2D eigenvalue weighted by atomic mass is 10.0. The van der Waals surface area contributed by atoms with Crippen molar-refractivity contribution in [1.82, 2.24) is 49.9 Å². The molecule has 4 heterocycles. The summed E-state index contributed by atoms with van der Waals surface area (Å²) in [6.07, 6.45) is 3.64. The summed E-state index contributed by atoms with van der Waals surface area (Å²) >= 11 is 0. The minimum Gasteiger partial charge on any atom is -0.332 e. The van der Waals surface area contributed by atoms with Crippen molar-refractivity contribution < 1.29 is 0 Å². The van der Waals surface area contributed by atoms with E-state index in [0.29, 0.717) is 48.7 Å². The molecule has 0 spiro atoms. The molecule has 3 N–H and O–H groups in total. The minimum absolute atomic E-state index is 0.322. The molecule has 0 amide bonds. The maximum absolute atomic E-state index is 13.0. The van der Waals surface area contributed by atoms with Crippen molar-refractivity contribution in [2.75, 3.05) is 0 Å². The van der Waals surface area contributed by atoms with Crippen molar-refractivity contribution in [3.8, 4) is 22.8 Å². The molecule has 0 aliphatic heterocycles. The molecule has 5 aromatic rings. The van der Waals surface area contributed by atoms with Crippen LogP contribution in [0.4, 0.5) is 0 Å². The number of hydrogen-bond acceptors (Lipinski definition) is 7. The Morgan fingerprint density at radius 2 is 1.88 bits per heavy atom. The van der Waals surface area contributed by atoms with Crippen LogP contribution in [0.1, 0.15) is 37.9 Å². The van der Waals surface area contributed by atoms with Gasteiger partial charge in [-0.05, 0) is 29.7 Å². The Morgan fingerprint density at radius 3 is 2.65 bits per heavy atom. The average molecular weight is 461 g/mol. The fourth-order valence-corrected chi connectivity index (χ4v) is 4.10. The second-order valence-corrected chi connectivity index (χ2v) is 8.05. The molecule has 0 bridgehead atoms. The van der Waals surface area contributed by atoms with Crippen LogP contribution in [0.15, 0.2) is 40.1 Å². The summed E-state index contributed by atoms with van der Waals surface area (Å²) in [5.41, 5.74) is 3.41. The van der Waals surface area contributed by atoms with Crippen LogP contribution in [0.2, 0.25) is 0 Å². The molecule has 0 aliphatic carbocycles. The summed E-state index contributed by atoms with van der Waals surface area (Å²) in [4.78, 5) is 33.8. The molecular formula is C22H24N10O2. The number of aromatic nitrogens is 10. The summed E-state index contributed by atoms with van der Waals surface area (Å²) in [6.45, 7) is 4.76. The Morgan fingerprint density at radius 1 is 1.06 bits per heavy atom. The first-order chi connectivity index (χ1) is 16.6. The zero-order valence-corrected chi connectivity index (χ0v) is 18.9. The van der Waals surface area contributed by atoms with Crippen LogP contribution >= 0.6 is 0 Å². The van der Waals surface area contributed by atoms with E-state index in [-0.39, 0.29) is 11.2 Å². The maximum Gasteiger partial charge on any atom is 0.332 e. The van der Waals surface area contributed by atoms with Crippen molar-refractivity contribution in [2.24, 2.45) is 0 Å². The van der Waals surface area contributed by atoms with Gasteiger partial charge in [-0.3, -0.25) is 19.0 Å². The molecule has 0 saturated carbocycles. The quantitative estimate of drug-likeness (QED) is 0.319. The lowest BCUT2D eigenvalue weighted by Crippen LogP contribution is -2.40. The minimum atomic E-state index is -0.356. The van der Waals surface area contributed by atoms with Gasteiger partial charge in [0.15, 0.2) is 5.65 Å². The summed E-state index contributed by atoms with van der Waals surface area (Å²) < 4.78 is 2.85. The fourth-order valence-electron chi connectivity index (χ4n) is 4.10. The number of hydrogen-bond donors (Lipinski definition) is 3. The van der Waals surface area contributed by atoms with Crippen LogP contribution in [0, 0.1) is 0 Å². The van der Waals surface area contributed by atoms with Gasteiger partial charge in [-0.15, -0.1) is 10.2 Å². The topological polar surface area (TPSA) is 156 Å². The highest BCUT2D eigenvalue weighted by molar-refractivity contribution is 5.76. The number of nitrogens with zero attached hydrogens (tertiary/aromatic N) is 7. The van der Waals surface area contributed by atoms with E-state index < -0.39 is 0 Å². The zero-order chi connectivity index (χ0) is 23.7. The first kappa shape index (κ1) is 21.5. The summed E-state index contributed by atoms with van der Waals surface area (Å²) in [5.74, 6) is 1.00. The molecule has 0 atom stereocenters. The van der Waals surface area contributed by atoms with Gasteiger partial charge in [0.1, 0.15) is 11.3 Å².